The molecule has 34 heavy (non-hydrogen) atoms. The number of hydrogen-bond donors (Lipinski definition) is 2. The van der Waals surface area contributed by atoms with E-state index in [1.807, 2.05) is 24.3 Å². The lowest BCUT2D eigenvalue weighted by molar-refractivity contribution is -0.170. The number of carboxylic acid groups (broad SMARTS) is 1. The summed E-state index contributed by atoms with van der Waals surface area (Å²) in [5, 5.41) is 12.3. The topological polar surface area (TPSA) is 105 Å². The average Bonchev–Trinajstić information content (AvgIpc) is 3.57. The maximum atomic E-state index is 13.1. The van der Waals surface area contributed by atoms with Crippen LogP contribution >= 0.6 is 0 Å². The molecule has 0 radical (unpaired) electrons. The predicted octanol–water partition coefficient (Wildman–Crippen LogP) is 3.15. The van der Waals surface area contributed by atoms with Gasteiger partial charge in [0, 0.05) is 39.0 Å². The van der Waals surface area contributed by atoms with Crippen molar-refractivity contribution in [2.75, 3.05) is 26.8 Å². The van der Waals surface area contributed by atoms with Gasteiger partial charge in [-0.15, -0.1) is 0 Å². The largest absolute Gasteiger partial charge is 0.479 e. The fourth-order valence-corrected chi connectivity index (χ4v) is 5.23. The first-order valence-electron chi connectivity index (χ1n) is 11.6. The Bertz CT molecular complexity index is 1090. The van der Waals surface area contributed by atoms with Crippen molar-refractivity contribution in [1.82, 2.24) is 10.2 Å². The van der Waals surface area contributed by atoms with Gasteiger partial charge in [0.15, 0.2) is 5.60 Å². The Labute approximate surface area is 197 Å². The van der Waals surface area contributed by atoms with Crippen molar-refractivity contribution in [3.63, 3.8) is 0 Å². The molecule has 2 N–H and O–H groups in total. The Morgan fingerprint density at radius 1 is 0.971 bits per heavy atom. The first-order chi connectivity index (χ1) is 16.4. The van der Waals surface area contributed by atoms with Crippen molar-refractivity contribution < 1.29 is 29.0 Å². The van der Waals surface area contributed by atoms with E-state index in [0.717, 1.165) is 22.3 Å². The number of alkyl carbamates (subject to hydrolysis) is 1. The summed E-state index contributed by atoms with van der Waals surface area (Å²) >= 11 is 0. The third-order valence-corrected chi connectivity index (χ3v) is 7.48. The number of benzene rings is 2. The lowest BCUT2D eigenvalue weighted by Crippen LogP contribution is -2.57. The number of fused-ring (bicyclic) bond motifs is 3. The van der Waals surface area contributed by atoms with E-state index >= 15 is 0 Å². The summed E-state index contributed by atoms with van der Waals surface area (Å²) in [6.45, 7) is 0.725. The van der Waals surface area contributed by atoms with Crippen LogP contribution in [0.2, 0.25) is 0 Å². The van der Waals surface area contributed by atoms with Crippen molar-refractivity contribution >= 4 is 18.0 Å². The molecule has 0 bridgehead atoms. The Hall–Kier alpha value is -3.39. The number of nitrogens with zero attached hydrogens (tertiary/aromatic N) is 1. The van der Waals surface area contributed by atoms with Gasteiger partial charge in [-0.25, -0.2) is 9.59 Å². The number of hydrogen-bond acceptors (Lipinski definition) is 5. The molecule has 3 aliphatic rings. The molecular weight excluding hydrogens is 436 g/mol. The van der Waals surface area contributed by atoms with Crippen molar-refractivity contribution in [2.24, 2.45) is 0 Å². The number of methoxy groups -OCH3 is 1. The number of carbonyl (C=O) groups excluding carboxylic acids is 2. The summed E-state index contributed by atoms with van der Waals surface area (Å²) in [7, 11) is 1.38. The summed E-state index contributed by atoms with van der Waals surface area (Å²) < 4.78 is 10.9. The summed E-state index contributed by atoms with van der Waals surface area (Å²) in [5.74, 6) is -1.25. The second-order valence-corrected chi connectivity index (χ2v) is 9.33. The summed E-state index contributed by atoms with van der Waals surface area (Å²) in [4.78, 5) is 39.0. The van der Waals surface area contributed by atoms with Gasteiger partial charge in [0.25, 0.3) is 0 Å². The third-order valence-electron chi connectivity index (χ3n) is 7.48. The number of aliphatic carboxylic acids is 1. The highest BCUT2D eigenvalue weighted by molar-refractivity contribution is 5.93. The molecule has 8 nitrogen and oxygen atoms in total. The van der Waals surface area contributed by atoms with Crippen LogP contribution in [0, 0.1) is 0 Å². The van der Waals surface area contributed by atoms with E-state index in [0.29, 0.717) is 12.8 Å². The van der Waals surface area contributed by atoms with Crippen LogP contribution in [-0.4, -0.2) is 65.9 Å². The van der Waals surface area contributed by atoms with Gasteiger partial charge in [-0.05, 0) is 35.1 Å². The highest BCUT2D eigenvalue weighted by Gasteiger charge is 2.55. The van der Waals surface area contributed by atoms with Gasteiger partial charge in [0.05, 0.1) is 0 Å². The second kappa shape index (κ2) is 8.43. The van der Waals surface area contributed by atoms with E-state index in [-0.39, 0.29) is 44.4 Å². The molecule has 8 heteroatoms. The van der Waals surface area contributed by atoms with Gasteiger partial charge in [0.2, 0.25) is 5.91 Å². The van der Waals surface area contributed by atoms with Crippen LogP contribution in [0.25, 0.3) is 11.1 Å². The van der Waals surface area contributed by atoms with Crippen LogP contribution in [0.4, 0.5) is 4.79 Å². The molecule has 2 aliphatic carbocycles. The second-order valence-electron chi connectivity index (χ2n) is 9.33. The zero-order valence-corrected chi connectivity index (χ0v) is 19.1. The number of ether oxygens (including phenoxy) is 2. The molecule has 1 aliphatic heterocycles. The molecule has 1 heterocycles. The number of piperidine rings is 1. The zero-order chi connectivity index (χ0) is 23.9. The van der Waals surface area contributed by atoms with E-state index in [9.17, 15) is 19.5 Å². The number of carboxylic acids is 1. The van der Waals surface area contributed by atoms with Crippen molar-refractivity contribution in [3.8, 4) is 11.1 Å². The molecule has 2 aromatic carbocycles. The molecule has 178 valence electrons. The summed E-state index contributed by atoms with van der Waals surface area (Å²) in [6, 6.07) is 16.2. The number of carbonyl (C=O) groups is 3. The smallest absolute Gasteiger partial charge is 0.408 e. The highest BCUT2D eigenvalue weighted by atomic mass is 16.5. The molecule has 0 aromatic heterocycles. The highest BCUT2D eigenvalue weighted by Crippen LogP contribution is 2.45. The van der Waals surface area contributed by atoms with Gasteiger partial charge in [-0.2, -0.15) is 0 Å². The molecule has 0 spiro atoms. The minimum Gasteiger partial charge on any atom is -0.479 e. The molecule has 2 aromatic rings. The Kier molecular flexibility index (Phi) is 5.56. The molecular formula is C26H28N2O6. The standard InChI is InChI=1S/C26H28N2O6/c1-33-26(23(30)31)12-14-28(15-13-26)22(29)25(10-11-25)27-24(32)34-16-21-19-8-4-2-6-17(19)18-7-3-5-9-20(18)21/h2-9,21H,10-16H2,1H3,(H,27,32)(H,30,31). The monoisotopic (exact) mass is 464 g/mol. The fraction of sp³-hybridized carbons (Fsp3) is 0.423. The minimum absolute atomic E-state index is 0.0516. The van der Waals surface area contributed by atoms with Gasteiger partial charge >= 0.3 is 12.1 Å². The summed E-state index contributed by atoms with van der Waals surface area (Å²) in [6.07, 6.45) is 0.903. The Balaban J connectivity index is 1.20. The van der Waals surface area contributed by atoms with Crippen molar-refractivity contribution in [2.45, 2.75) is 42.7 Å². The molecule has 0 atom stereocenters. The van der Waals surface area contributed by atoms with Gasteiger partial charge in [-0.3, -0.25) is 4.79 Å². The zero-order valence-electron chi connectivity index (χ0n) is 19.1. The van der Waals surface area contributed by atoms with Crippen LogP contribution in [-0.2, 0) is 19.1 Å². The molecule has 0 unspecified atom stereocenters. The lowest BCUT2D eigenvalue weighted by atomic mass is 9.91. The maximum Gasteiger partial charge on any atom is 0.408 e. The van der Waals surface area contributed by atoms with Crippen LogP contribution in [0.15, 0.2) is 48.5 Å². The van der Waals surface area contributed by atoms with E-state index in [2.05, 4.69) is 29.6 Å². The van der Waals surface area contributed by atoms with Crippen molar-refractivity contribution in [3.05, 3.63) is 59.7 Å². The van der Waals surface area contributed by atoms with Crippen molar-refractivity contribution in [1.29, 1.82) is 0 Å². The number of likely N-dealkylation sites (tertiary alicyclic amines) is 1. The quantitative estimate of drug-likeness (QED) is 0.681. The maximum absolute atomic E-state index is 13.1. The molecule has 1 saturated carbocycles. The molecule has 5 rings (SSSR count). The summed E-state index contributed by atoms with van der Waals surface area (Å²) in [5.41, 5.74) is 2.34. The molecule has 2 amide bonds. The van der Waals surface area contributed by atoms with Gasteiger partial charge in [-0.1, -0.05) is 48.5 Å². The van der Waals surface area contributed by atoms with Crippen LogP contribution in [0.1, 0.15) is 42.7 Å². The first kappa shape index (κ1) is 22.4. The van der Waals surface area contributed by atoms with Gasteiger partial charge < -0.3 is 24.8 Å². The average molecular weight is 465 g/mol. The van der Waals surface area contributed by atoms with Gasteiger partial charge in [0.1, 0.15) is 12.1 Å². The van der Waals surface area contributed by atoms with E-state index < -0.39 is 23.2 Å². The number of nitrogens with one attached hydrogen (secondary N) is 1. The third kappa shape index (κ3) is 3.72. The molecule has 1 saturated heterocycles. The van der Waals surface area contributed by atoms with Crippen LogP contribution < -0.4 is 5.32 Å². The number of amides is 2. The Morgan fingerprint density at radius 3 is 2.03 bits per heavy atom. The van der Waals surface area contributed by atoms with Crippen LogP contribution in [0.5, 0.6) is 0 Å². The van der Waals surface area contributed by atoms with E-state index in [4.69, 9.17) is 9.47 Å². The van der Waals surface area contributed by atoms with E-state index in [1.54, 1.807) is 4.90 Å². The van der Waals surface area contributed by atoms with Crippen LogP contribution in [0.3, 0.4) is 0 Å². The van der Waals surface area contributed by atoms with E-state index in [1.165, 1.54) is 7.11 Å². The first-order valence-corrected chi connectivity index (χ1v) is 11.6. The fourth-order valence-electron chi connectivity index (χ4n) is 5.23. The normalized spacial score (nSPS) is 19.6. The molecule has 2 fully saturated rings. The SMILES string of the molecule is COC1(C(=O)O)CCN(C(=O)C2(NC(=O)OCC3c4ccccc4-c4ccccc43)CC2)CC1. The minimum atomic E-state index is -1.26. The number of rotatable bonds is 6. The predicted molar refractivity (Wildman–Crippen MR) is 123 cm³/mol. The Morgan fingerprint density at radius 2 is 1.53 bits per heavy atom. The lowest BCUT2D eigenvalue weighted by Gasteiger charge is -2.39.